The van der Waals surface area contributed by atoms with Gasteiger partial charge in [0.2, 0.25) is 0 Å². The topological polar surface area (TPSA) is 57.3 Å². The average molecular weight is 352 g/mol. The van der Waals surface area contributed by atoms with Crippen LogP contribution in [0.25, 0.3) is 0 Å². The van der Waals surface area contributed by atoms with Gasteiger partial charge in [0.25, 0.3) is 0 Å². The lowest BCUT2D eigenvalue weighted by molar-refractivity contribution is 0.248. The van der Waals surface area contributed by atoms with Gasteiger partial charge < -0.3 is 15.5 Å². The number of nitrogens with one attached hydrogen (secondary N) is 2. The van der Waals surface area contributed by atoms with Crippen molar-refractivity contribution in [1.29, 1.82) is 0 Å². The second kappa shape index (κ2) is 9.34. The number of para-hydroxylation sites is 1. The number of carbonyl (C=O) groups is 1. The monoisotopic (exact) mass is 352 g/mol. The average Bonchev–Trinajstić information content (AvgIpc) is 3.07. The normalized spacial score (nSPS) is 17.2. The third-order valence-electron chi connectivity index (χ3n) is 5.08. The third kappa shape index (κ3) is 5.30. The fourth-order valence-corrected chi connectivity index (χ4v) is 3.53. The zero-order chi connectivity index (χ0) is 18.2. The molecule has 1 aromatic heterocycles. The van der Waals surface area contributed by atoms with Crippen LogP contribution in [0.4, 0.5) is 10.5 Å². The molecular formula is C21H28N4O. The molecule has 1 aliphatic heterocycles. The smallest absolute Gasteiger partial charge is 0.319 e. The number of pyridine rings is 1. The fourth-order valence-electron chi connectivity index (χ4n) is 3.53. The Balaban J connectivity index is 1.48. The molecule has 0 saturated carbocycles. The van der Waals surface area contributed by atoms with Crippen LogP contribution >= 0.6 is 0 Å². The van der Waals surface area contributed by atoms with Crippen LogP contribution in [0.2, 0.25) is 0 Å². The van der Waals surface area contributed by atoms with Gasteiger partial charge >= 0.3 is 6.03 Å². The van der Waals surface area contributed by atoms with Gasteiger partial charge in [0.15, 0.2) is 0 Å². The zero-order valence-corrected chi connectivity index (χ0v) is 15.4. The quantitative estimate of drug-likeness (QED) is 0.802. The van der Waals surface area contributed by atoms with E-state index in [0.717, 1.165) is 36.2 Å². The summed E-state index contributed by atoms with van der Waals surface area (Å²) >= 11 is 0. The predicted molar refractivity (Wildman–Crippen MR) is 105 cm³/mol. The summed E-state index contributed by atoms with van der Waals surface area (Å²) in [7, 11) is 2.16. The number of urea groups is 1. The number of likely N-dealkylation sites (tertiary alicyclic amines) is 1. The van der Waals surface area contributed by atoms with Crippen LogP contribution in [-0.2, 0) is 12.8 Å². The molecule has 138 valence electrons. The van der Waals surface area contributed by atoms with Gasteiger partial charge in [0.05, 0.1) is 0 Å². The summed E-state index contributed by atoms with van der Waals surface area (Å²) in [6.45, 7) is 1.87. The van der Waals surface area contributed by atoms with E-state index in [4.69, 9.17) is 0 Å². The number of benzene rings is 1. The summed E-state index contributed by atoms with van der Waals surface area (Å²) in [4.78, 5) is 19.0. The molecule has 1 aromatic carbocycles. The van der Waals surface area contributed by atoms with E-state index in [1.165, 1.54) is 19.4 Å². The number of nitrogens with zero attached hydrogens (tertiary/aromatic N) is 2. The van der Waals surface area contributed by atoms with Crippen molar-refractivity contribution in [3.05, 3.63) is 59.9 Å². The highest BCUT2D eigenvalue weighted by atomic mass is 16.2. The van der Waals surface area contributed by atoms with Crippen LogP contribution in [0.15, 0.2) is 48.7 Å². The predicted octanol–water partition coefficient (Wildman–Crippen LogP) is 3.47. The molecule has 1 aliphatic rings. The molecule has 5 heteroatoms. The number of hydrogen-bond donors (Lipinski definition) is 2. The Hall–Kier alpha value is -2.40. The van der Waals surface area contributed by atoms with Gasteiger partial charge in [-0.25, -0.2) is 4.79 Å². The van der Waals surface area contributed by atoms with Crippen molar-refractivity contribution in [2.75, 3.05) is 25.5 Å². The molecule has 0 unspecified atom stereocenters. The van der Waals surface area contributed by atoms with E-state index in [0.29, 0.717) is 12.6 Å². The van der Waals surface area contributed by atoms with Gasteiger partial charge in [-0.1, -0.05) is 24.3 Å². The molecule has 1 fully saturated rings. The molecule has 0 bridgehead atoms. The molecule has 1 atom stereocenters. The summed E-state index contributed by atoms with van der Waals surface area (Å²) in [5.74, 6) is 0. The van der Waals surface area contributed by atoms with Crippen molar-refractivity contribution >= 4 is 11.7 Å². The molecule has 26 heavy (non-hydrogen) atoms. The number of aryl methyl sites for hydroxylation is 2. The van der Waals surface area contributed by atoms with E-state index in [9.17, 15) is 4.79 Å². The van der Waals surface area contributed by atoms with E-state index < -0.39 is 0 Å². The first-order valence-corrected chi connectivity index (χ1v) is 9.45. The molecule has 2 aromatic rings. The Labute approximate surface area is 155 Å². The van der Waals surface area contributed by atoms with Crippen LogP contribution in [0.1, 0.15) is 30.5 Å². The van der Waals surface area contributed by atoms with E-state index in [1.54, 1.807) is 0 Å². The largest absolute Gasteiger partial charge is 0.338 e. The Morgan fingerprint density at radius 3 is 2.81 bits per heavy atom. The van der Waals surface area contributed by atoms with Crippen LogP contribution < -0.4 is 10.6 Å². The molecular weight excluding hydrogens is 324 g/mol. The minimum Gasteiger partial charge on any atom is -0.338 e. The van der Waals surface area contributed by atoms with E-state index in [2.05, 4.69) is 33.6 Å². The van der Waals surface area contributed by atoms with Gasteiger partial charge in [-0.05, 0) is 69.5 Å². The number of aromatic nitrogens is 1. The third-order valence-corrected chi connectivity index (χ3v) is 5.08. The fraction of sp³-hybridized carbons (Fsp3) is 0.429. The summed E-state index contributed by atoms with van der Waals surface area (Å²) in [6.07, 6.45) is 7.02. The van der Waals surface area contributed by atoms with Gasteiger partial charge in [0, 0.05) is 30.2 Å². The SMILES string of the molecule is CN1CCC[C@@H]1CCNC(=O)Nc1ccccc1CCc1ccccn1. The van der Waals surface area contributed by atoms with Gasteiger partial charge in [0.1, 0.15) is 0 Å². The second-order valence-electron chi connectivity index (χ2n) is 6.92. The number of amides is 2. The highest BCUT2D eigenvalue weighted by Gasteiger charge is 2.20. The summed E-state index contributed by atoms with van der Waals surface area (Å²) in [6, 6.07) is 14.4. The molecule has 0 radical (unpaired) electrons. The van der Waals surface area contributed by atoms with Crippen molar-refractivity contribution in [3.63, 3.8) is 0 Å². The molecule has 1 saturated heterocycles. The lowest BCUT2D eigenvalue weighted by atomic mass is 10.1. The Morgan fingerprint density at radius 1 is 1.19 bits per heavy atom. The first kappa shape index (κ1) is 18.4. The number of carbonyl (C=O) groups excluding carboxylic acids is 1. The van der Waals surface area contributed by atoms with Crippen molar-refractivity contribution in [3.8, 4) is 0 Å². The lowest BCUT2D eigenvalue weighted by Gasteiger charge is -2.19. The maximum atomic E-state index is 12.2. The number of rotatable bonds is 7. The van der Waals surface area contributed by atoms with Crippen molar-refractivity contribution in [2.45, 2.75) is 38.1 Å². The first-order valence-electron chi connectivity index (χ1n) is 9.45. The summed E-state index contributed by atoms with van der Waals surface area (Å²) < 4.78 is 0. The van der Waals surface area contributed by atoms with Crippen molar-refractivity contribution in [2.24, 2.45) is 0 Å². The van der Waals surface area contributed by atoms with Crippen molar-refractivity contribution in [1.82, 2.24) is 15.2 Å². The standard InChI is InChI=1S/C21H28N4O/c1-25-16-6-9-19(25)13-15-23-21(26)24-20-10-3-2-7-17(20)11-12-18-8-4-5-14-22-18/h2-5,7-8,10,14,19H,6,9,11-13,15-16H2,1H3,(H2,23,24,26)/t19-/m1/s1. The minimum absolute atomic E-state index is 0.129. The Morgan fingerprint density at radius 2 is 2.04 bits per heavy atom. The molecule has 2 N–H and O–H groups in total. The first-order chi connectivity index (χ1) is 12.7. The molecule has 0 aliphatic carbocycles. The molecule has 3 rings (SSSR count). The summed E-state index contributed by atoms with van der Waals surface area (Å²) in [5.41, 5.74) is 3.06. The van der Waals surface area contributed by atoms with Gasteiger partial charge in [-0.15, -0.1) is 0 Å². The molecule has 2 heterocycles. The Bertz CT molecular complexity index is 704. The maximum absolute atomic E-state index is 12.2. The van der Waals surface area contributed by atoms with Crippen LogP contribution in [0.5, 0.6) is 0 Å². The molecule has 5 nitrogen and oxygen atoms in total. The maximum Gasteiger partial charge on any atom is 0.319 e. The van der Waals surface area contributed by atoms with Gasteiger partial charge in [-0.3, -0.25) is 4.98 Å². The second-order valence-corrected chi connectivity index (χ2v) is 6.92. The molecule has 2 amide bonds. The molecule has 0 spiro atoms. The number of hydrogen-bond acceptors (Lipinski definition) is 3. The summed E-state index contributed by atoms with van der Waals surface area (Å²) in [5, 5.41) is 5.99. The van der Waals surface area contributed by atoms with E-state index in [1.807, 2.05) is 42.6 Å². The minimum atomic E-state index is -0.129. The van der Waals surface area contributed by atoms with E-state index in [-0.39, 0.29) is 6.03 Å². The lowest BCUT2D eigenvalue weighted by Crippen LogP contribution is -2.34. The van der Waals surface area contributed by atoms with Gasteiger partial charge in [-0.2, -0.15) is 0 Å². The van der Waals surface area contributed by atoms with E-state index >= 15 is 0 Å². The van der Waals surface area contributed by atoms with Crippen molar-refractivity contribution < 1.29 is 4.79 Å². The highest BCUT2D eigenvalue weighted by molar-refractivity contribution is 5.90. The van der Waals surface area contributed by atoms with Crippen LogP contribution in [0.3, 0.4) is 0 Å². The van der Waals surface area contributed by atoms with Crippen LogP contribution in [-0.4, -0.2) is 42.1 Å². The Kier molecular flexibility index (Phi) is 6.61. The number of anilines is 1. The zero-order valence-electron chi connectivity index (χ0n) is 15.4. The highest BCUT2D eigenvalue weighted by Crippen LogP contribution is 2.18. The van der Waals surface area contributed by atoms with Crippen LogP contribution in [0, 0.1) is 0 Å².